The maximum atomic E-state index is 3.73. The van der Waals surface area contributed by atoms with Crippen LogP contribution >= 0.6 is 0 Å². The highest BCUT2D eigenvalue weighted by atomic mass is 14.3. The maximum Gasteiger partial charge on any atom is -0.00194 e. The van der Waals surface area contributed by atoms with Crippen molar-refractivity contribution in [2.75, 3.05) is 0 Å². The molecule has 0 heterocycles. The Balaban J connectivity index is 2.37. The fourth-order valence-electron chi connectivity index (χ4n) is 3.15. The van der Waals surface area contributed by atoms with Gasteiger partial charge in [-0.05, 0) is 60.6 Å². The molecule has 0 radical (unpaired) electrons. The van der Waals surface area contributed by atoms with Crippen LogP contribution < -0.4 is 0 Å². The first kappa shape index (κ1) is 14.2. The molecule has 1 saturated carbocycles. The largest absolute Gasteiger partial charge is 0.118 e. The van der Waals surface area contributed by atoms with Crippen molar-refractivity contribution in [2.45, 2.75) is 47.0 Å². The van der Waals surface area contributed by atoms with Crippen LogP contribution in [-0.4, -0.2) is 0 Å². The molecule has 1 fully saturated rings. The van der Waals surface area contributed by atoms with E-state index in [1.807, 2.05) is 0 Å². The zero-order chi connectivity index (χ0) is 13.8. The zero-order valence-electron chi connectivity index (χ0n) is 12.7. The minimum atomic E-state index is 0.731. The molecule has 2 rings (SSSR count). The number of hydrogen-bond donors (Lipinski definition) is 0. The van der Waals surface area contributed by atoms with Crippen molar-refractivity contribution >= 4 is 5.57 Å². The summed E-state index contributed by atoms with van der Waals surface area (Å²) in [7, 11) is 0. The second kappa shape index (κ2) is 6.26. The Morgan fingerprint density at radius 3 is 2.47 bits per heavy atom. The summed E-state index contributed by atoms with van der Waals surface area (Å²) in [6.07, 6.45) is 3.94. The number of allylic oxidation sites excluding steroid dienone is 1. The second-order valence-corrected chi connectivity index (χ2v) is 6.38. The molecule has 0 heteroatoms. The van der Waals surface area contributed by atoms with E-state index in [0.717, 1.165) is 17.8 Å². The van der Waals surface area contributed by atoms with Gasteiger partial charge in [0.25, 0.3) is 0 Å². The van der Waals surface area contributed by atoms with Gasteiger partial charge in [-0.15, -0.1) is 5.73 Å². The lowest BCUT2D eigenvalue weighted by Gasteiger charge is -2.31. The standard InChI is InChI=1S/C19H26/c1-14(2)19-11-10-15(3)12-18(19)13-16(4)17-8-6-5-7-9-17/h5-9,14-15,19H,10-12H2,1-4H3/t13?,15-,19+/m1/s1. The van der Waals surface area contributed by atoms with E-state index >= 15 is 0 Å². The normalized spacial score (nSPS) is 23.3. The summed E-state index contributed by atoms with van der Waals surface area (Å²) >= 11 is 0. The molecule has 0 amide bonds. The minimum absolute atomic E-state index is 0.731. The van der Waals surface area contributed by atoms with Crippen molar-refractivity contribution in [1.29, 1.82) is 0 Å². The van der Waals surface area contributed by atoms with Crippen LogP contribution in [0.15, 0.2) is 41.6 Å². The Morgan fingerprint density at radius 1 is 1.16 bits per heavy atom. The van der Waals surface area contributed by atoms with Gasteiger partial charge in [0.1, 0.15) is 0 Å². The lowest BCUT2D eigenvalue weighted by molar-refractivity contribution is 0.308. The van der Waals surface area contributed by atoms with Gasteiger partial charge < -0.3 is 0 Å². The maximum absolute atomic E-state index is 3.73. The number of hydrogen-bond acceptors (Lipinski definition) is 0. The molecule has 1 aliphatic rings. The Hall–Kier alpha value is -1.26. The van der Waals surface area contributed by atoms with Crippen molar-refractivity contribution in [3.8, 4) is 0 Å². The van der Waals surface area contributed by atoms with Gasteiger partial charge >= 0.3 is 0 Å². The Labute approximate surface area is 118 Å². The van der Waals surface area contributed by atoms with Gasteiger partial charge in [-0.2, -0.15) is 0 Å². The molecule has 19 heavy (non-hydrogen) atoms. The molecule has 0 nitrogen and oxygen atoms in total. The van der Waals surface area contributed by atoms with Crippen LogP contribution in [0.2, 0.25) is 0 Å². The van der Waals surface area contributed by atoms with Gasteiger partial charge in [0.2, 0.25) is 0 Å². The van der Waals surface area contributed by atoms with Crippen molar-refractivity contribution in [2.24, 2.45) is 17.8 Å². The smallest absolute Gasteiger partial charge is 0.00194 e. The van der Waals surface area contributed by atoms with Crippen LogP contribution in [0.4, 0.5) is 0 Å². The highest BCUT2D eigenvalue weighted by Gasteiger charge is 2.25. The average molecular weight is 254 g/mol. The summed E-state index contributed by atoms with van der Waals surface area (Å²) in [4.78, 5) is 0. The molecule has 1 aromatic carbocycles. The Kier molecular flexibility index (Phi) is 4.66. The van der Waals surface area contributed by atoms with E-state index in [-0.39, 0.29) is 0 Å². The van der Waals surface area contributed by atoms with Crippen LogP contribution in [-0.2, 0) is 0 Å². The van der Waals surface area contributed by atoms with Crippen molar-refractivity contribution in [1.82, 2.24) is 0 Å². The van der Waals surface area contributed by atoms with Gasteiger partial charge in [-0.25, -0.2) is 0 Å². The van der Waals surface area contributed by atoms with Crippen LogP contribution in [0.1, 0.15) is 52.5 Å². The molecule has 0 unspecified atom stereocenters. The van der Waals surface area contributed by atoms with E-state index in [1.165, 1.54) is 30.4 Å². The Bertz CT molecular complexity index is 472. The molecule has 102 valence electrons. The molecule has 0 aliphatic heterocycles. The number of rotatable bonds is 2. The fraction of sp³-hybridized carbons (Fsp3) is 0.526. The SMILES string of the molecule is CC(=C=C1C[C@H](C)CC[C@H]1C(C)C)c1ccccc1. The van der Waals surface area contributed by atoms with Gasteiger partial charge in [0.15, 0.2) is 0 Å². The second-order valence-electron chi connectivity index (χ2n) is 6.38. The van der Waals surface area contributed by atoms with Crippen LogP contribution in [0, 0.1) is 17.8 Å². The highest BCUT2D eigenvalue weighted by molar-refractivity contribution is 5.63. The molecule has 0 saturated heterocycles. The fourth-order valence-corrected chi connectivity index (χ4v) is 3.15. The van der Waals surface area contributed by atoms with E-state index in [4.69, 9.17) is 0 Å². The van der Waals surface area contributed by atoms with Crippen LogP contribution in [0.25, 0.3) is 5.57 Å². The first-order chi connectivity index (χ1) is 9.08. The molecule has 1 aromatic rings. The topological polar surface area (TPSA) is 0 Å². The van der Waals surface area contributed by atoms with Gasteiger partial charge in [0, 0.05) is 0 Å². The van der Waals surface area contributed by atoms with Crippen LogP contribution in [0.3, 0.4) is 0 Å². The molecule has 0 N–H and O–H groups in total. The quantitative estimate of drug-likeness (QED) is 0.593. The summed E-state index contributed by atoms with van der Waals surface area (Å²) < 4.78 is 0. The van der Waals surface area contributed by atoms with Crippen molar-refractivity contribution in [3.05, 3.63) is 47.2 Å². The zero-order valence-corrected chi connectivity index (χ0v) is 12.7. The van der Waals surface area contributed by atoms with E-state index in [1.54, 1.807) is 5.57 Å². The third-order valence-corrected chi connectivity index (χ3v) is 4.35. The molecule has 1 aliphatic carbocycles. The first-order valence-corrected chi connectivity index (χ1v) is 7.59. The predicted octanol–water partition coefficient (Wildman–Crippen LogP) is 5.71. The molecule has 2 atom stereocenters. The van der Waals surface area contributed by atoms with E-state index in [0.29, 0.717) is 0 Å². The lowest BCUT2D eigenvalue weighted by atomic mass is 9.74. The third kappa shape index (κ3) is 3.61. The molecular formula is C19H26. The molecule has 0 aromatic heterocycles. The van der Waals surface area contributed by atoms with Gasteiger partial charge in [0.05, 0.1) is 0 Å². The third-order valence-electron chi connectivity index (χ3n) is 4.35. The van der Waals surface area contributed by atoms with Gasteiger partial charge in [-0.3, -0.25) is 0 Å². The summed E-state index contributed by atoms with van der Waals surface area (Å²) in [5.41, 5.74) is 7.87. The highest BCUT2D eigenvalue weighted by Crippen LogP contribution is 2.37. The van der Waals surface area contributed by atoms with E-state index in [2.05, 4.69) is 63.8 Å². The monoisotopic (exact) mass is 254 g/mol. The average Bonchev–Trinajstić information content (AvgIpc) is 2.39. The first-order valence-electron chi connectivity index (χ1n) is 7.59. The van der Waals surface area contributed by atoms with Crippen LogP contribution in [0.5, 0.6) is 0 Å². The predicted molar refractivity (Wildman–Crippen MR) is 83.9 cm³/mol. The summed E-state index contributed by atoms with van der Waals surface area (Å²) in [6.45, 7) is 9.26. The minimum Gasteiger partial charge on any atom is -0.118 e. The summed E-state index contributed by atoms with van der Waals surface area (Å²) in [5, 5.41) is 0. The molecule has 0 spiro atoms. The van der Waals surface area contributed by atoms with E-state index in [9.17, 15) is 0 Å². The molecular weight excluding hydrogens is 228 g/mol. The van der Waals surface area contributed by atoms with Crippen molar-refractivity contribution < 1.29 is 0 Å². The van der Waals surface area contributed by atoms with Gasteiger partial charge in [-0.1, -0.05) is 51.1 Å². The summed E-state index contributed by atoms with van der Waals surface area (Å²) in [5.74, 6) is 2.29. The Morgan fingerprint density at radius 2 is 1.84 bits per heavy atom. The number of benzene rings is 1. The lowest BCUT2D eigenvalue weighted by Crippen LogP contribution is -2.19. The van der Waals surface area contributed by atoms with E-state index < -0.39 is 0 Å². The summed E-state index contributed by atoms with van der Waals surface area (Å²) in [6, 6.07) is 10.6. The molecule has 0 bridgehead atoms. The van der Waals surface area contributed by atoms with Crippen molar-refractivity contribution in [3.63, 3.8) is 0 Å².